The molecule has 1 aromatic carbocycles. The van der Waals surface area contributed by atoms with Crippen molar-refractivity contribution < 1.29 is 9.15 Å². The monoisotopic (exact) mass is 203 g/mol. The third kappa shape index (κ3) is 2.31. The van der Waals surface area contributed by atoms with Crippen molar-refractivity contribution in [3.05, 3.63) is 48.4 Å². The summed E-state index contributed by atoms with van der Waals surface area (Å²) >= 11 is 0. The zero-order chi connectivity index (χ0) is 10.5. The van der Waals surface area contributed by atoms with E-state index in [4.69, 9.17) is 9.15 Å². The van der Waals surface area contributed by atoms with E-state index in [9.17, 15) is 0 Å². The van der Waals surface area contributed by atoms with Crippen LogP contribution in [0.5, 0.6) is 5.75 Å². The molecular weight excluding hydrogens is 190 g/mol. The number of rotatable bonds is 4. The number of ether oxygens (including phenoxy) is 1. The van der Waals surface area contributed by atoms with Crippen molar-refractivity contribution in [2.75, 3.05) is 12.4 Å². The summed E-state index contributed by atoms with van der Waals surface area (Å²) in [5.41, 5.74) is 2.10. The smallest absolute Gasteiger partial charge is 0.141 e. The molecule has 0 aliphatic heterocycles. The molecule has 15 heavy (non-hydrogen) atoms. The number of anilines is 1. The van der Waals surface area contributed by atoms with Gasteiger partial charge in [-0.1, -0.05) is 12.1 Å². The minimum Gasteiger partial charge on any atom is -0.495 e. The first kappa shape index (κ1) is 9.65. The van der Waals surface area contributed by atoms with E-state index >= 15 is 0 Å². The topological polar surface area (TPSA) is 34.4 Å². The van der Waals surface area contributed by atoms with Crippen LogP contribution < -0.4 is 10.1 Å². The fraction of sp³-hybridized carbons (Fsp3) is 0.167. The van der Waals surface area contributed by atoms with Crippen LogP contribution in [0.25, 0.3) is 0 Å². The fourth-order valence-electron chi connectivity index (χ4n) is 1.38. The van der Waals surface area contributed by atoms with Gasteiger partial charge in [0.25, 0.3) is 0 Å². The molecule has 1 N–H and O–H groups in total. The van der Waals surface area contributed by atoms with E-state index in [0.29, 0.717) is 0 Å². The molecule has 1 heterocycles. The number of methoxy groups -OCH3 is 1. The molecule has 1 aromatic heterocycles. The first-order valence-electron chi connectivity index (χ1n) is 4.78. The molecule has 0 aliphatic rings. The Kier molecular flexibility index (Phi) is 2.93. The first-order valence-corrected chi connectivity index (χ1v) is 4.78. The Morgan fingerprint density at radius 3 is 2.87 bits per heavy atom. The molecule has 3 nitrogen and oxygen atoms in total. The molecule has 0 spiro atoms. The predicted octanol–water partition coefficient (Wildman–Crippen LogP) is 2.90. The lowest BCUT2D eigenvalue weighted by Gasteiger charge is -2.09. The molecule has 78 valence electrons. The third-order valence-electron chi connectivity index (χ3n) is 2.17. The van der Waals surface area contributed by atoms with E-state index in [-0.39, 0.29) is 0 Å². The van der Waals surface area contributed by atoms with E-state index in [1.165, 1.54) is 0 Å². The lowest BCUT2D eigenvalue weighted by Crippen LogP contribution is -1.99. The molecule has 0 saturated carbocycles. The van der Waals surface area contributed by atoms with E-state index in [1.807, 2.05) is 30.3 Å². The van der Waals surface area contributed by atoms with Gasteiger partial charge in [0.15, 0.2) is 0 Å². The van der Waals surface area contributed by atoms with E-state index < -0.39 is 0 Å². The summed E-state index contributed by atoms with van der Waals surface area (Å²) in [4.78, 5) is 0. The van der Waals surface area contributed by atoms with Gasteiger partial charge in [-0.05, 0) is 18.2 Å². The lowest BCUT2D eigenvalue weighted by molar-refractivity contribution is 0.416. The molecule has 0 atom stereocenters. The highest BCUT2D eigenvalue weighted by atomic mass is 16.5. The molecular formula is C12H13NO2. The van der Waals surface area contributed by atoms with Crippen LogP contribution in [0.3, 0.4) is 0 Å². The van der Waals surface area contributed by atoms with Gasteiger partial charge in [0.05, 0.1) is 25.3 Å². The highest BCUT2D eigenvalue weighted by Gasteiger charge is 2.00. The Morgan fingerprint density at radius 1 is 1.27 bits per heavy atom. The van der Waals surface area contributed by atoms with Gasteiger partial charge >= 0.3 is 0 Å². The number of hydrogen-bond donors (Lipinski definition) is 1. The van der Waals surface area contributed by atoms with Crippen LogP contribution in [-0.4, -0.2) is 7.11 Å². The summed E-state index contributed by atoms with van der Waals surface area (Å²) in [6.07, 6.45) is 3.39. The van der Waals surface area contributed by atoms with Crippen LogP contribution in [0.1, 0.15) is 5.56 Å². The van der Waals surface area contributed by atoms with Crippen molar-refractivity contribution >= 4 is 5.69 Å². The summed E-state index contributed by atoms with van der Waals surface area (Å²) in [6, 6.07) is 9.76. The zero-order valence-corrected chi connectivity index (χ0v) is 8.57. The van der Waals surface area contributed by atoms with E-state index in [2.05, 4.69) is 5.32 Å². The standard InChI is InChI=1S/C12H13NO2/c1-14-12-5-3-2-4-11(12)13-8-10-6-7-15-9-10/h2-7,9,13H,8H2,1H3. The van der Waals surface area contributed by atoms with Gasteiger partial charge in [-0.3, -0.25) is 0 Å². The molecule has 0 saturated heterocycles. The Balaban J connectivity index is 2.04. The maximum atomic E-state index is 5.23. The van der Waals surface area contributed by atoms with Crippen molar-refractivity contribution in [3.63, 3.8) is 0 Å². The van der Waals surface area contributed by atoms with E-state index in [1.54, 1.807) is 19.6 Å². The summed E-state index contributed by atoms with van der Waals surface area (Å²) in [5.74, 6) is 0.848. The van der Waals surface area contributed by atoms with Crippen LogP contribution in [0.4, 0.5) is 5.69 Å². The largest absolute Gasteiger partial charge is 0.495 e. The first-order chi connectivity index (χ1) is 7.40. The predicted molar refractivity (Wildman–Crippen MR) is 59.0 cm³/mol. The van der Waals surface area contributed by atoms with Gasteiger partial charge in [0, 0.05) is 12.1 Å². The second kappa shape index (κ2) is 4.55. The fourth-order valence-corrected chi connectivity index (χ4v) is 1.38. The maximum absolute atomic E-state index is 5.23. The number of benzene rings is 1. The highest BCUT2D eigenvalue weighted by molar-refractivity contribution is 5.56. The van der Waals surface area contributed by atoms with Crippen molar-refractivity contribution in [2.24, 2.45) is 0 Å². The van der Waals surface area contributed by atoms with Crippen LogP contribution in [-0.2, 0) is 6.54 Å². The zero-order valence-electron chi connectivity index (χ0n) is 8.57. The van der Waals surface area contributed by atoms with Crippen molar-refractivity contribution in [1.29, 1.82) is 0 Å². The molecule has 0 amide bonds. The summed E-state index contributed by atoms with van der Waals surface area (Å²) in [7, 11) is 1.67. The molecule has 0 bridgehead atoms. The van der Waals surface area contributed by atoms with Gasteiger partial charge in [0.2, 0.25) is 0 Å². The van der Waals surface area contributed by atoms with Gasteiger partial charge < -0.3 is 14.5 Å². The molecule has 0 aliphatic carbocycles. The normalized spacial score (nSPS) is 9.93. The molecule has 0 fully saturated rings. The van der Waals surface area contributed by atoms with Crippen molar-refractivity contribution in [2.45, 2.75) is 6.54 Å². The van der Waals surface area contributed by atoms with Crippen molar-refractivity contribution in [3.8, 4) is 5.75 Å². The lowest BCUT2D eigenvalue weighted by atomic mass is 10.2. The van der Waals surface area contributed by atoms with Crippen LogP contribution in [0.2, 0.25) is 0 Å². The Morgan fingerprint density at radius 2 is 2.13 bits per heavy atom. The van der Waals surface area contributed by atoms with Gasteiger partial charge in [-0.2, -0.15) is 0 Å². The van der Waals surface area contributed by atoms with Crippen LogP contribution in [0, 0.1) is 0 Å². The summed E-state index contributed by atoms with van der Waals surface area (Å²) < 4.78 is 10.2. The van der Waals surface area contributed by atoms with E-state index in [0.717, 1.165) is 23.5 Å². The summed E-state index contributed by atoms with van der Waals surface area (Å²) in [5, 5.41) is 3.28. The second-order valence-corrected chi connectivity index (χ2v) is 3.19. The van der Waals surface area contributed by atoms with Crippen LogP contribution >= 0.6 is 0 Å². The minimum absolute atomic E-state index is 0.733. The second-order valence-electron chi connectivity index (χ2n) is 3.19. The molecule has 0 radical (unpaired) electrons. The number of para-hydroxylation sites is 2. The Hall–Kier alpha value is -1.90. The average Bonchev–Trinajstić information content (AvgIpc) is 2.79. The Labute approximate surface area is 88.7 Å². The number of furan rings is 1. The third-order valence-corrected chi connectivity index (χ3v) is 2.17. The van der Waals surface area contributed by atoms with Gasteiger partial charge in [-0.25, -0.2) is 0 Å². The maximum Gasteiger partial charge on any atom is 0.141 e. The van der Waals surface area contributed by atoms with Gasteiger partial charge in [0.1, 0.15) is 5.75 Å². The number of nitrogens with one attached hydrogen (secondary N) is 1. The molecule has 2 rings (SSSR count). The molecule has 3 heteroatoms. The van der Waals surface area contributed by atoms with Crippen molar-refractivity contribution in [1.82, 2.24) is 0 Å². The number of hydrogen-bond acceptors (Lipinski definition) is 3. The SMILES string of the molecule is COc1ccccc1NCc1ccoc1. The van der Waals surface area contributed by atoms with Gasteiger partial charge in [-0.15, -0.1) is 0 Å². The minimum atomic E-state index is 0.733. The van der Waals surface area contributed by atoms with Crippen LogP contribution in [0.15, 0.2) is 47.3 Å². The molecule has 2 aromatic rings. The highest BCUT2D eigenvalue weighted by Crippen LogP contribution is 2.23. The Bertz CT molecular complexity index is 409. The quantitative estimate of drug-likeness (QED) is 0.829. The molecule has 0 unspecified atom stereocenters. The summed E-state index contributed by atoms with van der Waals surface area (Å²) in [6.45, 7) is 0.733. The average molecular weight is 203 g/mol.